The first kappa shape index (κ1) is 14.6. The number of allylic oxidation sites excluding steroid dienone is 4. The summed E-state index contributed by atoms with van der Waals surface area (Å²) in [6.45, 7) is 0. The molecule has 0 aromatic heterocycles. The van der Waals surface area contributed by atoms with E-state index in [0.717, 1.165) is 0 Å². The van der Waals surface area contributed by atoms with Crippen LogP contribution < -0.4 is 0 Å². The van der Waals surface area contributed by atoms with Crippen molar-refractivity contribution in [1.29, 1.82) is 0 Å². The van der Waals surface area contributed by atoms with Gasteiger partial charge in [0.25, 0.3) is 0 Å². The molecule has 4 heteroatoms. The molecule has 0 fully saturated rings. The molecule has 0 saturated heterocycles. The van der Waals surface area contributed by atoms with Crippen molar-refractivity contribution in [2.75, 3.05) is 0 Å². The van der Waals surface area contributed by atoms with Gasteiger partial charge in [-0.2, -0.15) is 0 Å². The third-order valence-electron chi connectivity index (χ3n) is 0.824. The van der Waals surface area contributed by atoms with Gasteiger partial charge in [0, 0.05) is 0 Å². The Balaban J connectivity index is 0. The molecule has 0 spiro atoms. The normalized spacial score (nSPS) is 14.0. The average molecular weight is 188 g/mol. The van der Waals surface area contributed by atoms with Crippen LogP contribution in [0.5, 0.6) is 0 Å². The zero-order valence-corrected chi connectivity index (χ0v) is 4.13. The van der Waals surface area contributed by atoms with Crippen LogP contribution in [-0.2, 0) is 9.59 Å². The minimum atomic E-state index is -0.121. The van der Waals surface area contributed by atoms with E-state index in [9.17, 15) is 9.59 Å². The number of rotatable bonds is 0. The fourth-order valence-corrected chi connectivity index (χ4v) is 0.440. The van der Waals surface area contributed by atoms with E-state index in [1.165, 1.54) is 24.3 Å². The third-order valence-corrected chi connectivity index (χ3v) is 0.824. The molecule has 0 N–H and O–H groups in total. The van der Waals surface area contributed by atoms with E-state index < -0.39 is 0 Å². The summed E-state index contributed by atoms with van der Waals surface area (Å²) >= 11 is 0. The van der Waals surface area contributed by atoms with Crippen molar-refractivity contribution in [3.8, 4) is 0 Å². The Morgan fingerprint density at radius 1 is 0.700 bits per heavy atom. The van der Waals surface area contributed by atoms with E-state index >= 15 is 0 Å². The molecule has 0 aliphatic heterocycles. The Hall–Kier alpha value is 2.09. The second-order valence-electron chi connectivity index (χ2n) is 1.47. The molecule has 0 aromatic rings. The number of carbonyl (C=O) groups excluding carboxylic acids is 2. The molecule has 0 bridgehead atoms. The van der Waals surface area contributed by atoms with E-state index in [2.05, 4.69) is 0 Å². The number of hydrogen-bond donors (Lipinski definition) is 0. The molecule has 0 atom stereocenters. The molecule has 1 aliphatic carbocycles. The molecule has 0 heterocycles. The molecular formula is C6H6K2O2. The molecular weight excluding hydrogens is 182 g/mol. The van der Waals surface area contributed by atoms with E-state index in [1.54, 1.807) is 0 Å². The van der Waals surface area contributed by atoms with Crippen LogP contribution in [0.15, 0.2) is 24.3 Å². The van der Waals surface area contributed by atoms with Crippen LogP contribution in [0.4, 0.5) is 0 Å². The molecule has 0 saturated carbocycles. The van der Waals surface area contributed by atoms with Gasteiger partial charge in [-0.15, -0.1) is 0 Å². The van der Waals surface area contributed by atoms with Gasteiger partial charge < -0.3 is 0 Å². The van der Waals surface area contributed by atoms with Gasteiger partial charge >= 0.3 is 103 Å². The molecule has 0 unspecified atom stereocenters. The first-order valence-electron chi connectivity index (χ1n) is 2.23. The van der Waals surface area contributed by atoms with E-state index in [0.29, 0.717) is 0 Å². The number of hydrogen-bond acceptors (Lipinski definition) is 2. The van der Waals surface area contributed by atoms with Gasteiger partial charge in [0.2, 0.25) is 0 Å². The summed E-state index contributed by atoms with van der Waals surface area (Å²) in [6.07, 6.45) is 5.01. The van der Waals surface area contributed by atoms with Crippen LogP contribution in [0.2, 0.25) is 0 Å². The topological polar surface area (TPSA) is 34.1 Å². The van der Waals surface area contributed by atoms with Crippen molar-refractivity contribution < 1.29 is 9.59 Å². The average Bonchev–Trinajstić information content (AvgIpc) is 1.77. The predicted molar refractivity (Wildman–Crippen MR) is 42.6 cm³/mol. The van der Waals surface area contributed by atoms with E-state index in [-0.39, 0.29) is 114 Å². The molecule has 44 valence electrons. The summed E-state index contributed by atoms with van der Waals surface area (Å²) in [4.78, 5) is 20.6. The third kappa shape index (κ3) is 5.71. The van der Waals surface area contributed by atoms with Crippen molar-refractivity contribution in [2.24, 2.45) is 0 Å². The molecule has 2 nitrogen and oxygen atoms in total. The Bertz CT molecular complexity index is 156. The Morgan fingerprint density at radius 2 is 0.900 bits per heavy atom. The fourth-order valence-electron chi connectivity index (χ4n) is 0.440. The van der Waals surface area contributed by atoms with Gasteiger partial charge in [-0.1, -0.05) is 0 Å². The minimum absolute atomic E-state index is 0. The summed E-state index contributed by atoms with van der Waals surface area (Å²) in [7, 11) is 0. The van der Waals surface area contributed by atoms with Gasteiger partial charge in [0.15, 0.2) is 11.6 Å². The fraction of sp³-hybridized carbons (Fsp3) is 0. The molecule has 0 amide bonds. The summed E-state index contributed by atoms with van der Waals surface area (Å²) in [6, 6.07) is 0. The van der Waals surface area contributed by atoms with Crippen LogP contribution >= 0.6 is 0 Å². The first-order valence-corrected chi connectivity index (χ1v) is 2.23. The van der Waals surface area contributed by atoms with Crippen molar-refractivity contribution in [3.05, 3.63) is 24.3 Å². The standard InChI is InChI=1S/C6H4O2.2K.2H/c7-5-1-2-6(8)4-3-5;;;;/h1-4H;;;;. The van der Waals surface area contributed by atoms with Gasteiger partial charge in [-0.25, -0.2) is 0 Å². The van der Waals surface area contributed by atoms with Crippen LogP contribution in [0.25, 0.3) is 0 Å². The van der Waals surface area contributed by atoms with Gasteiger partial charge in [-0.3, -0.25) is 9.59 Å². The number of ketones is 2. The molecule has 10 heavy (non-hydrogen) atoms. The van der Waals surface area contributed by atoms with Crippen molar-refractivity contribution in [3.63, 3.8) is 0 Å². The Morgan fingerprint density at radius 3 is 1.10 bits per heavy atom. The van der Waals surface area contributed by atoms with Crippen LogP contribution in [-0.4, -0.2) is 114 Å². The van der Waals surface area contributed by atoms with Crippen molar-refractivity contribution in [1.82, 2.24) is 0 Å². The van der Waals surface area contributed by atoms with Gasteiger partial charge in [0.05, 0.1) is 0 Å². The van der Waals surface area contributed by atoms with E-state index in [4.69, 9.17) is 0 Å². The molecule has 1 rings (SSSR count). The second-order valence-corrected chi connectivity index (χ2v) is 1.47. The maximum atomic E-state index is 10.3. The Labute approximate surface area is 144 Å². The van der Waals surface area contributed by atoms with Crippen LogP contribution in [0.3, 0.4) is 0 Å². The molecule has 1 aliphatic rings. The summed E-state index contributed by atoms with van der Waals surface area (Å²) in [5.74, 6) is -0.241. The second kappa shape index (κ2) is 7.73. The summed E-state index contributed by atoms with van der Waals surface area (Å²) in [5, 5.41) is 0. The summed E-state index contributed by atoms with van der Waals surface area (Å²) in [5.41, 5.74) is 0. The quantitative estimate of drug-likeness (QED) is 0.359. The monoisotopic (exact) mass is 188 g/mol. The molecule has 0 aromatic carbocycles. The maximum absolute atomic E-state index is 10.3. The zero-order chi connectivity index (χ0) is 5.98. The molecule has 0 radical (unpaired) electrons. The van der Waals surface area contributed by atoms with Gasteiger partial charge in [-0.05, 0) is 24.3 Å². The number of carbonyl (C=O) groups is 2. The Kier molecular flexibility index (Phi) is 11.3. The predicted octanol–water partition coefficient (Wildman–Crippen LogP) is -1.05. The zero-order valence-electron chi connectivity index (χ0n) is 4.13. The summed E-state index contributed by atoms with van der Waals surface area (Å²) < 4.78 is 0. The van der Waals surface area contributed by atoms with Gasteiger partial charge in [0.1, 0.15) is 0 Å². The van der Waals surface area contributed by atoms with E-state index in [1.807, 2.05) is 0 Å². The van der Waals surface area contributed by atoms with Crippen LogP contribution in [0, 0.1) is 0 Å². The first-order chi connectivity index (χ1) is 3.79. The SMILES string of the molecule is O=C1C=CC(=O)C=C1.[KH].[KH]. The van der Waals surface area contributed by atoms with Crippen LogP contribution in [0.1, 0.15) is 0 Å². The van der Waals surface area contributed by atoms with Crippen molar-refractivity contribution >= 4 is 114 Å². The van der Waals surface area contributed by atoms with Crippen molar-refractivity contribution in [2.45, 2.75) is 0 Å².